The Kier molecular flexibility index (Phi) is 3.92. The molecule has 0 aliphatic heterocycles. The highest BCUT2D eigenvalue weighted by atomic mass is 16.5. The number of nitrogen functional groups attached to an aromatic ring is 1. The van der Waals surface area contributed by atoms with Crippen LogP contribution in [0.5, 0.6) is 5.88 Å². The van der Waals surface area contributed by atoms with Gasteiger partial charge in [0.2, 0.25) is 5.88 Å². The Morgan fingerprint density at radius 3 is 2.89 bits per heavy atom. The predicted octanol–water partition coefficient (Wildman–Crippen LogP) is 0.997. The number of ether oxygens (including phenoxy) is 1. The summed E-state index contributed by atoms with van der Waals surface area (Å²) in [6.45, 7) is 0.321. The molecule has 0 saturated heterocycles. The lowest BCUT2D eigenvalue weighted by Gasteiger charge is -2.08. The minimum absolute atomic E-state index is 0.272. The standard InChI is InChI=1S/C13H14N4O2/c1-19-13-9(3-2-6-15-13)7-17-12(18)11-5-4-10(14)8-16-11/h2-6,8H,7,14H2,1H3,(H,17,18). The molecule has 0 fully saturated rings. The highest BCUT2D eigenvalue weighted by molar-refractivity contribution is 5.92. The zero-order chi connectivity index (χ0) is 13.7. The molecule has 3 N–H and O–H groups in total. The number of nitrogens with zero attached hydrogens (tertiary/aromatic N) is 2. The van der Waals surface area contributed by atoms with E-state index in [0.29, 0.717) is 23.8 Å². The number of methoxy groups -OCH3 is 1. The molecule has 0 aromatic carbocycles. The fraction of sp³-hybridized carbons (Fsp3) is 0.154. The maximum absolute atomic E-state index is 11.9. The van der Waals surface area contributed by atoms with Crippen LogP contribution >= 0.6 is 0 Å². The van der Waals surface area contributed by atoms with Gasteiger partial charge in [-0.25, -0.2) is 9.97 Å². The van der Waals surface area contributed by atoms with Crippen molar-refractivity contribution in [2.75, 3.05) is 12.8 Å². The molecule has 0 unspecified atom stereocenters. The van der Waals surface area contributed by atoms with Crippen molar-refractivity contribution in [1.82, 2.24) is 15.3 Å². The molecule has 2 rings (SSSR count). The first-order valence-corrected chi connectivity index (χ1v) is 5.68. The van der Waals surface area contributed by atoms with Crippen molar-refractivity contribution in [2.24, 2.45) is 0 Å². The van der Waals surface area contributed by atoms with Crippen molar-refractivity contribution < 1.29 is 9.53 Å². The van der Waals surface area contributed by atoms with Gasteiger partial charge in [-0.15, -0.1) is 0 Å². The fourth-order valence-corrected chi connectivity index (χ4v) is 1.55. The largest absolute Gasteiger partial charge is 0.481 e. The Labute approximate surface area is 110 Å². The van der Waals surface area contributed by atoms with Crippen molar-refractivity contribution in [1.29, 1.82) is 0 Å². The number of nitrogens with two attached hydrogens (primary N) is 1. The lowest BCUT2D eigenvalue weighted by molar-refractivity contribution is 0.0945. The van der Waals surface area contributed by atoms with Crippen molar-refractivity contribution in [3.8, 4) is 5.88 Å². The molecule has 0 spiro atoms. The van der Waals surface area contributed by atoms with Gasteiger partial charge in [0.05, 0.1) is 19.0 Å². The van der Waals surface area contributed by atoms with Crippen LogP contribution in [0.4, 0.5) is 5.69 Å². The van der Waals surface area contributed by atoms with E-state index >= 15 is 0 Å². The maximum atomic E-state index is 11.9. The van der Waals surface area contributed by atoms with Crippen molar-refractivity contribution >= 4 is 11.6 Å². The number of carbonyl (C=O) groups excluding carboxylic acids is 1. The minimum Gasteiger partial charge on any atom is -0.481 e. The van der Waals surface area contributed by atoms with Gasteiger partial charge in [0.15, 0.2) is 0 Å². The molecule has 0 atom stereocenters. The summed E-state index contributed by atoms with van der Waals surface area (Å²) < 4.78 is 5.10. The third kappa shape index (κ3) is 3.19. The van der Waals surface area contributed by atoms with E-state index in [2.05, 4.69) is 15.3 Å². The SMILES string of the molecule is COc1ncccc1CNC(=O)c1ccc(N)cn1. The molecule has 2 aromatic heterocycles. The number of nitrogens with one attached hydrogen (secondary N) is 1. The van der Waals surface area contributed by atoms with Gasteiger partial charge in [-0.1, -0.05) is 6.07 Å². The van der Waals surface area contributed by atoms with E-state index in [1.54, 1.807) is 24.4 Å². The lowest BCUT2D eigenvalue weighted by Crippen LogP contribution is -2.24. The molecular weight excluding hydrogens is 244 g/mol. The zero-order valence-corrected chi connectivity index (χ0v) is 10.5. The van der Waals surface area contributed by atoms with E-state index < -0.39 is 0 Å². The first kappa shape index (κ1) is 12.8. The van der Waals surface area contributed by atoms with Gasteiger partial charge < -0.3 is 15.8 Å². The van der Waals surface area contributed by atoms with E-state index in [4.69, 9.17) is 10.5 Å². The molecule has 19 heavy (non-hydrogen) atoms. The molecule has 1 amide bonds. The smallest absolute Gasteiger partial charge is 0.270 e. The van der Waals surface area contributed by atoms with Gasteiger partial charge in [-0.2, -0.15) is 0 Å². The highest BCUT2D eigenvalue weighted by Crippen LogP contribution is 2.13. The number of pyridine rings is 2. The summed E-state index contributed by atoms with van der Waals surface area (Å²) in [4.78, 5) is 19.9. The third-order valence-electron chi connectivity index (χ3n) is 2.50. The summed E-state index contributed by atoms with van der Waals surface area (Å²) in [6.07, 6.45) is 3.07. The molecule has 0 bridgehead atoms. The number of hydrogen-bond donors (Lipinski definition) is 2. The van der Waals surface area contributed by atoms with Crippen LogP contribution in [0.2, 0.25) is 0 Å². The van der Waals surface area contributed by atoms with E-state index in [1.165, 1.54) is 13.3 Å². The summed E-state index contributed by atoms with van der Waals surface area (Å²) >= 11 is 0. The maximum Gasteiger partial charge on any atom is 0.270 e. The van der Waals surface area contributed by atoms with Crippen LogP contribution < -0.4 is 15.8 Å². The van der Waals surface area contributed by atoms with E-state index in [0.717, 1.165) is 5.56 Å². The normalized spacial score (nSPS) is 9.95. The molecule has 0 radical (unpaired) electrons. The van der Waals surface area contributed by atoms with Crippen molar-refractivity contribution in [3.05, 3.63) is 47.9 Å². The molecule has 0 aliphatic carbocycles. The minimum atomic E-state index is -0.272. The van der Waals surface area contributed by atoms with Crippen LogP contribution in [-0.4, -0.2) is 23.0 Å². The first-order valence-electron chi connectivity index (χ1n) is 5.68. The van der Waals surface area contributed by atoms with Crippen LogP contribution in [0, 0.1) is 0 Å². The van der Waals surface area contributed by atoms with E-state index in [1.807, 2.05) is 6.07 Å². The Balaban J connectivity index is 2.02. The van der Waals surface area contributed by atoms with Gasteiger partial charge in [0.25, 0.3) is 5.91 Å². The number of rotatable bonds is 4. The number of anilines is 1. The van der Waals surface area contributed by atoms with E-state index in [9.17, 15) is 4.79 Å². The summed E-state index contributed by atoms with van der Waals surface area (Å²) in [5.74, 6) is 0.221. The van der Waals surface area contributed by atoms with Crippen LogP contribution in [-0.2, 0) is 6.54 Å². The second-order valence-corrected chi connectivity index (χ2v) is 3.83. The number of hydrogen-bond acceptors (Lipinski definition) is 5. The second kappa shape index (κ2) is 5.81. The quantitative estimate of drug-likeness (QED) is 0.853. The first-order chi connectivity index (χ1) is 9.20. The molecule has 98 valence electrons. The van der Waals surface area contributed by atoms with Gasteiger partial charge in [-0.05, 0) is 18.2 Å². The third-order valence-corrected chi connectivity index (χ3v) is 2.50. The van der Waals surface area contributed by atoms with Crippen LogP contribution in [0.3, 0.4) is 0 Å². The van der Waals surface area contributed by atoms with Crippen LogP contribution in [0.15, 0.2) is 36.7 Å². The van der Waals surface area contributed by atoms with Crippen LogP contribution in [0.25, 0.3) is 0 Å². The van der Waals surface area contributed by atoms with E-state index in [-0.39, 0.29) is 5.91 Å². The molecule has 2 aromatic rings. The Morgan fingerprint density at radius 2 is 2.21 bits per heavy atom. The summed E-state index contributed by atoms with van der Waals surface area (Å²) in [7, 11) is 1.54. The van der Waals surface area contributed by atoms with Crippen molar-refractivity contribution in [2.45, 2.75) is 6.54 Å². The summed E-state index contributed by atoms with van der Waals surface area (Å²) in [6, 6.07) is 6.83. The molecule has 0 saturated carbocycles. The number of carbonyl (C=O) groups is 1. The zero-order valence-electron chi connectivity index (χ0n) is 10.5. The van der Waals surface area contributed by atoms with Gasteiger partial charge >= 0.3 is 0 Å². The molecule has 6 nitrogen and oxygen atoms in total. The molecule has 2 heterocycles. The fourth-order valence-electron chi connectivity index (χ4n) is 1.55. The topological polar surface area (TPSA) is 90.1 Å². The summed E-state index contributed by atoms with van der Waals surface area (Å²) in [5, 5.41) is 2.75. The molecule has 0 aliphatic rings. The van der Waals surface area contributed by atoms with Crippen LogP contribution in [0.1, 0.15) is 16.1 Å². The van der Waals surface area contributed by atoms with Gasteiger partial charge in [0, 0.05) is 18.3 Å². The Morgan fingerprint density at radius 1 is 1.37 bits per heavy atom. The average Bonchev–Trinajstić information content (AvgIpc) is 2.45. The molecule has 6 heteroatoms. The Hall–Kier alpha value is -2.63. The number of aromatic nitrogens is 2. The Bertz CT molecular complexity index is 569. The van der Waals surface area contributed by atoms with Crippen molar-refractivity contribution in [3.63, 3.8) is 0 Å². The predicted molar refractivity (Wildman–Crippen MR) is 70.6 cm³/mol. The highest BCUT2D eigenvalue weighted by Gasteiger charge is 2.08. The number of amides is 1. The summed E-state index contributed by atoms with van der Waals surface area (Å²) in [5.41, 5.74) is 7.15. The lowest BCUT2D eigenvalue weighted by atomic mass is 10.2. The molecular formula is C13H14N4O2. The monoisotopic (exact) mass is 258 g/mol. The average molecular weight is 258 g/mol. The van der Waals surface area contributed by atoms with Gasteiger partial charge in [-0.3, -0.25) is 4.79 Å². The van der Waals surface area contributed by atoms with Gasteiger partial charge in [0.1, 0.15) is 5.69 Å². The second-order valence-electron chi connectivity index (χ2n) is 3.83.